The maximum Gasteiger partial charge on any atom is 0.316 e. The predicted octanol–water partition coefficient (Wildman–Crippen LogP) is 3.30. The molecule has 1 amide bonds. The molecule has 3 rings (SSSR count). The second-order valence-corrected chi connectivity index (χ2v) is 7.55. The van der Waals surface area contributed by atoms with E-state index in [0.717, 1.165) is 22.5 Å². The van der Waals surface area contributed by atoms with Gasteiger partial charge in [-0.1, -0.05) is 72.4 Å². The second-order valence-electron chi connectivity index (χ2n) is 6.61. The summed E-state index contributed by atoms with van der Waals surface area (Å²) >= 11 is 1.17. The SMILES string of the molecule is Cc1cc(C)nc(SCC(=O)OCC(=O)NN=C(c2ccccc2)c2ccccc2)n1. The lowest BCUT2D eigenvalue weighted by molar-refractivity contribution is -0.145. The minimum atomic E-state index is -0.529. The predicted molar refractivity (Wildman–Crippen MR) is 120 cm³/mol. The topological polar surface area (TPSA) is 93.5 Å². The van der Waals surface area contributed by atoms with E-state index in [1.807, 2.05) is 80.6 Å². The van der Waals surface area contributed by atoms with Gasteiger partial charge in [-0.25, -0.2) is 15.4 Å². The molecule has 0 atom stereocenters. The minimum Gasteiger partial charge on any atom is -0.455 e. The highest BCUT2D eigenvalue weighted by atomic mass is 32.2. The summed E-state index contributed by atoms with van der Waals surface area (Å²) in [6.07, 6.45) is 0. The molecule has 0 saturated carbocycles. The first-order valence-corrected chi connectivity index (χ1v) is 10.6. The molecule has 2 aromatic carbocycles. The highest BCUT2D eigenvalue weighted by Gasteiger charge is 2.11. The van der Waals surface area contributed by atoms with Gasteiger partial charge in [0.1, 0.15) is 0 Å². The summed E-state index contributed by atoms with van der Waals surface area (Å²) in [7, 11) is 0. The van der Waals surface area contributed by atoms with Crippen molar-refractivity contribution in [3.8, 4) is 0 Å². The van der Waals surface area contributed by atoms with E-state index in [1.54, 1.807) is 0 Å². The lowest BCUT2D eigenvalue weighted by Gasteiger charge is -2.08. The van der Waals surface area contributed by atoms with Crippen molar-refractivity contribution in [2.24, 2.45) is 5.10 Å². The lowest BCUT2D eigenvalue weighted by atomic mass is 10.0. The van der Waals surface area contributed by atoms with Gasteiger partial charge in [-0.15, -0.1) is 0 Å². The molecule has 0 radical (unpaired) electrons. The minimum absolute atomic E-state index is 0.0126. The van der Waals surface area contributed by atoms with Gasteiger partial charge < -0.3 is 4.74 Å². The van der Waals surface area contributed by atoms with Crippen LogP contribution < -0.4 is 5.43 Å². The Morgan fingerprint density at radius 2 is 1.48 bits per heavy atom. The van der Waals surface area contributed by atoms with Crippen LogP contribution in [0.2, 0.25) is 0 Å². The van der Waals surface area contributed by atoms with Crippen LogP contribution in [0.25, 0.3) is 0 Å². The van der Waals surface area contributed by atoms with Crippen LogP contribution in [0, 0.1) is 13.8 Å². The number of hydrazone groups is 1. The van der Waals surface area contributed by atoms with Gasteiger partial charge in [-0.3, -0.25) is 9.59 Å². The van der Waals surface area contributed by atoms with E-state index in [-0.39, 0.29) is 5.75 Å². The fraction of sp³-hybridized carbons (Fsp3) is 0.174. The van der Waals surface area contributed by atoms with Gasteiger partial charge in [0.05, 0.1) is 11.5 Å². The summed E-state index contributed by atoms with van der Waals surface area (Å²) in [4.78, 5) is 32.6. The molecule has 0 fully saturated rings. The van der Waals surface area contributed by atoms with E-state index >= 15 is 0 Å². The average molecular weight is 435 g/mol. The molecular formula is C23H22N4O3S. The monoisotopic (exact) mass is 434 g/mol. The number of nitrogens with one attached hydrogen (secondary N) is 1. The molecule has 0 aliphatic rings. The summed E-state index contributed by atoms with van der Waals surface area (Å²) in [6.45, 7) is 3.30. The molecule has 0 aliphatic heterocycles. The van der Waals surface area contributed by atoms with Crippen LogP contribution in [-0.4, -0.2) is 39.9 Å². The molecule has 1 N–H and O–H groups in total. The highest BCUT2D eigenvalue weighted by Crippen LogP contribution is 2.14. The zero-order valence-electron chi connectivity index (χ0n) is 17.2. The van der Waals surface area contributed by atoms with E-state index in [1.165, 1.54) is 11.8 Å². The van der Waals surface area contributed by atoms with Crippen LogP contribution in [0.4, 0.5) is 0 Å². The van der Waals surface area contributed by atoms with E-state index in [9.17, 15) is 9.59 Å². The largest absolute Gasteiger partial charge is 0.455 e. The Hall–Kier alpha value is -3.52. The van der Waals surface area contributed by atoms with Crippen LogP contribution in [-0.2, 0) is 14.3 Å². The number of carbonyl (C=O) groups is 2. The van der Waals surface area contributed by atoms with Crippen molar-refractivity contribution >= 4 is 29.4 Å². The molecular weight excluding hydrogens is 412 g/mol. The molecule has 1 aromatic heterocycles. The summed E-state index contributed by atoms with van der Waals surface area (Å²) in [5.41, 5.74) is 6.45. The van der Waals surface area contributed by atoms with Crippen molar-refractivity contribution in [2.75, 3.05) is 12.4 Å². The van der Waals surface area contributed by atoms with Gasteiger partial charge in [-0.05, 0) is 19.9 Å². The fourth-order valence-corrected chi connectivity index (χ4v) is 3.46. The first-order chi connectivity index (χ1) is 15.0. The fourth-order valence-electron chi connectivity index (χ4n) is 2.71. The average Bonchev–Trinajstić information content (AvgIpc) is 2.77. The Balaban J connectivity index is 1.55. The van der Waals surface area contributed by atoms with Crippen LogP contribution >= 0.6 is 11.8 Å². The van der Waals surface area contributed by atoms with Crippen molar-refractivity contribution in [1.82, 2.24) is 15.4 Å². The second kappa shape index (κ2) is 11.0. The van der Waals surface area contributed by atoms with Gasteiger partial charge in [0.15, 0.2) is 11.8 Å². The molecule has 1 heterocycles. The molecule has 0 spiro atoms. The molecule has 31 heavy (non-hydrogen) atoms. The van der Waals surface area contributed by atoms with Crippen molar-refractivity contribution < 1.29 is 14.3 Å². The van der Waals surface area contributed by atoms with Crippen molar-refractivity contribution in [2.45, 2.75) is 19.0 Å². The first-order valence-electron chi connectivity index (χ1n) is 9.59. The van der Waals surface area contributed by atoms with Crippen LogP contribution in [0.3, 0.4) is 0 Å². The van der Waals surface area contributed by atoms with E-state index in [4.69, 9.17) is 4.74 Å². The Bertz CT molecular complexity index is 1010. The Kier molecular flexibility index (Phi) is 7.89. The Morgan fingerprint density at radius 1 is 0.935 bits per heavy atom. The van der Waals surface area contributed by atoms with E-state index < -0.39 is 18.5 Å². The number of esters is 1. The van der Waals surface area contributed by atoms with Crippen LogP contribution in [0.5, 0.6) is 0 Å². The molecule has 0 unspecified atom stereocenters. The van der Waals surface area contributed by atoms with Gasteiger partial charge in [-0.2, -0.15) is 5.10 Å². The van der Waals surface area contributed by atoms with Gasteiger partial charge in [0.25, 0.3) is 5.91 Å². The zero-order chi connectivity index (χ0) is 22.1. The molecule has 158 valence electrons. The first kappa shape index (κ1) is 22.2. The van der Waals surface area contributed by atoms with E-state index in [2.05, 4.69) is 20.5 Å². The van der Waals surface area contributed by atoms with Crippen molar-refractivity contribution in [1.29, 1.82) is 0 Å². The number of rotatable bonds is 8. The molecule has 8 heteroatoms. The van der Waals surface area contributed by atoms with Gasteiger partial charge in [0.2, 0.25) is 0 Å². The number of aryl methyl sites for hydroxylation is 2. The normalized spacial score (nSPS) is 10.3. The molecule has 7 nitrogen and oxygen atoms in total. The number of hydrogen-bond donors (Lipinski definition) is 1. The number of benzene rings is 2. The molecule has 0 bridgehead atoms. The maximum absolute atomic E-state index is 12.2. The third kappa shape index (κ3) is 7.04. The van der Waals surface area contributed by atoms with Crippen LogP contribution in [0.15, 0.2) is 77.0 Å². The van der Waals surface area contributed by atoms with Gasteiger partial charge >= 0.3 is 5.97 Å². The smallest absolute Gasteiger partial charge is 0.316 e. The lowest BCUT2D eigenvalue weighted by Crippen LogP contribution is -2.26. The Morgan fingerprint density at radius 3 is 2.03 bits per heavy atom. The zero-order valence-corrected chi connectivity index (χ0v) is 18.1. The molecule has 3 aromatic rings. The molecule has 0 saturated heterocycles. The number of carbonyl (C=O) groups excluding carboxylic acids is 2. The number of ether oxygens (including phenoxy) is 1. The Labute approximate surface area is 185 Å². The van der Waals surface area contributed by atoms with Crippen molar-refractivity contribution in [3.63, 3.8) is 0 Å². The third-order valence-electron chi connectivity index (χ3n) is 4.03. The van der Waals surface area contributed by atoms with E-state index in [0.29, 0.717) is 10.9 Å². The van der Waals surface area contributed by atoms with Gasteiger partial charge in [0, 0.05) is 22.5 Å². The number of nitrogens with zero attached hydrogens (tertiary/aromatic N) is 3. The number of hydrogen-bond acceptors (Lipinski definition) is 7. The summed E-state index contributed by atoms with van der Waals surface area (Å²) in [5.74, 6) is -1.04. The number of amides is 1. The highest BCUT2D eigenvalue weighted by molar-refractivity contribution is 7.99. The van der Waals surface area contributed by atoms with Crippen LogP contribution in [0.1, 0.15) is 22.5 Å². The quantitative estimate of drug-likeness (QED) is 0.192. The summed E-state index contributed by atoms with van der Waals surface area (Å²) in [5, 5.41) is 4.75. The maximum atomic E-state index is 12.2. The van der Waals surface area contributed by atoms with Crippen molar-refractivity contribution in [3.05, 3.63) is 89.2 Å². The third-order valence-corrected chi connectivity index (χ3v) is 4.85. The number of aromatic nitrogens is 2. The summed E-state index contributed by atoms with van der Waals surface area (Å²) in [6, 6.07) is 20.9. The number of thioether (sulfide) groups is 1. The molecule has 0 aliphatic carbocycles. The summed E-state index contributed by atoms with van der Waals surface area (Å²) < 4.78 is 5.03. The standard InChI is InChI=1S/C23H22N4O3S/c1-16-13-17(2)25-23(24-16)31-15-21(29)30-14-20(28)26-27-22(18-9-5-3-6-10-18)19-11-7-4-8-12-19/h3-13H,14-15H2,1-2H3,(H,26,28).